The molecular formula is C12H14BrFN2O2. The fourth-order valence-corrected chi connectivity index (χ4v) is 1.83. The van der Waals surface area contributed by atoms with Crippen molar-refractivity contribution in [2.24, 2.45) is 0 Å². The second kappa shape index (κ2) is 6.49. The summed E-state index contributed by atoms with van der Waals surface area (Å²) in [4.78, 5) is 24.8. The average molecular weight is 317 g/mol. The van der Waals surface area contributed by atoms with Gasteiger partial charge in [0.2, 0.25) is 5.91 Å². The van der Waals surface area contributed by atoms with E-state index >= 15 is 0 Å². The Balaban J connectivity index is 2.96. The highest BCUT2D eigenvalue weighted by molar-refractivity contribution is 9.10. The zero-order valence-electron chi connectivity index (χ0n) is 10.2. The molecule has 2 amide bonds. The maximum absolute atomic E-state index is 13.1. The van der Waals surface area contributed by atoms with Crippen molar-refractivity contribution in [2.45, 2.75) is 6.92 Å². The average Bonchev–Trinajstić information content (AvgIpc) is 2.37. The Morgan fingerprint density at radius 3 is 2.67 bits per heavy atom. The highest BCUT2D eigenvalue weighted by Gasteiger charge is 2.19. The van der Waals surface area contributed by atoms with E-state index in [0.717, 1.165) is 6.07 Å². The number of benzene rings is 1. The zero-order chi connectivity index (χ0) is 13.7. The summed E-state index contributed by atoms with van der Waals surface area (Å²) in [6.45, 7) is 2.08. The molecule has 4 nitrogen and oxygen atoms in total. The van der Waals surface area contributed by atoms with Crippen LogP contribution < -0.4 is 5.32 Å². The van der Waals surface area contributed by atoms with Crippen molar-refractivity contribution in [1.82, 2.24) is 10.2 Å². The molecule has 0 atom stereocenters. The number of hydrogen-bond acceptors (Lipinski definition) is 2. The van der Waals surface area contributed by atoms with Crippen molar-refractivity contribution in [3.63, 3.8) is 0 Å². The monoisotopic (exact) mass is 316 g/mol. The van der Waals surface area contributed by atoms with E-state index in [0.29, 0.717) is 11.0 Å². The van der Waals surface area contributed by atoms with Crippen LogP contribution in [0.25, 0.3) is 0 Å². The van der Waals surface area contributed by atoms with Gasteiger partial charge in [-0.05, 0) is 41.1 Å². The number of hydrogen-bond donors (Lipinski definition) is 1. The Kier molecular flexibility index (Phi) is 5.27. The van der Waals surface area contributed by atoms with Crippen LogP contribution in [0.3, 0.4) is 0 Å². The van der Waals surface area contributed by atoms with Crippen molar-refractivity contribution < 1.29 is 14.0 Å². The summed E-state index contributed by atoms with van der Waals surface area (Å²) in [6.07, 6.45) is 0. The van der Waals surface area contributed by atoms with Gasteiger partial charge in [-0.3, -0.25) is 9.59 Å². The quantitative estimate of drug-likeness (QED) is 0.920. The molecular weight excluding hydrogens is 303 g/mol. The zero-order valence-corrected chi connectivity index (χ0v) is 11.8. The van der Waals surface area contributed by atoms with Gasteiger partial charge in [-0.15, -0.1) is 0 Å². The Hall–Kier alpha value is -1.43. The first kappa shape index (κ1) is 14.6. The van der Waals surface area contributed by atoms with E-state index in [4.69, 9.17) is 0 Å². The molecule has 0 aliphatic rings. The van der Waals surface area contributed by atoms with Crippen LogP contribution in [0.4, 0.5) is 4.39 Å². The summed E-state index contributed by atoms with van der Waals surface area (Å²) in [5, 5.41) is 2.44. The van der Waals surface area contributed by atoms with Crippen LogP contribution in [-0.4, -0.2) is 36.9 Å². The highest BCUT2D eigenvalue weighted by atomic mass is 79.9. The molecule has 0 bridgehead atoms. The van der Waals surface area contributed by atoms with Crippen molar-refractivity contribution >= 4 is 27.7 Å². The van der Waals surface area contributed by atoms with Gasteiger partial charge < -0.3 is 10.2 Å². The van der Waals surface area contributed by atoms with E-state index in [1.165, 1.54) is 24.1 Å². The minimum absolute atomic E-state index is 0.0468. The molecule has 0 radical (unpaired) electrons. The lowest BCUT2D eigenvalue weighted by Gasteiger charge is -2.20. The van der Waals surface area contributed by atoms with E-state index in [2.05, 4.69) is 21.2 Å². The summed E-state index contributed by atoms with van der Waals surface area (Å²) in [7, 11) is 1.50. The molecule has 0 aliphatic heterocycles. The van der Waals surface area contributed by atoms with E-state index in [1.54, 1.807) is 6.92 Å². The summed E-state index contributed by atoms with van der Waals surface area (Å²) in [6, 6.07) is 3.88. The van der Waals surface area contributed by atoms with Crippen LogP contribution in [0.15, 0.2) is 22.7 Å². The van der Waals surface area contributed by atoms with Crippen molar-refractivity contribution in [3.8, 4) is 0 Å². The minimum atomic E-state index is -0.488. The van der Waals surface area contributed by atoms with Gasteiger partial charge in [-0.2, -0.15) is 0 Å². The fourth-order valence-electron chi connectivity index (χ4n) is 1.41. The van der Waals surface area contributed by atoms with E-state index in [9.17, 15) is 14.0 Å². The predicted octanol–water partition coefficient (Wildman–Crippen LogP) is 1.80. The fraction of sp³-hybridized carbons (Fsp3) is 0.333. The maximum Gasteiger partial charge on any atom is 0.255 e. The smallest absolute Gasteiger partial charge is 0.255 e. The Labute approximate surface area is 113 Å². The van der Waals surface area contributed by atoms with Gasteiger partial charge in [0.1, 0.15) is 5.82 Å². The number of nitrogens with zero attached hydrogens (tertiary/aromatic N) is 1. The second-order valence-corrected chi connectivity index (χ2v) is 4.47. The van der Waals surface area contributed by atoms with Gasteiger partial charge in [0.25, 0.3) is 5.91 Å². The first-order valence-electron chi connectivity index (χ1n) is 5.44. The number of nitrogens with one attached hydrogen (secondary N) is 1. The Morgan fingerprint density at radius 2 is 2.11 bits per heavy atom. The molecule has 98 valence electrons. The second-order valence-electron chi connectivity index (χ2n) is 3.62. The number of halogens is 2. The molecule has 0 saturated heterocycles. The lowest BCUT2D eigenvalue weighted by molar-refractivity contribution is -0.121. The van der Waals surface area contributed by atoms with Gasteiger partial charge in [0.15, 0.2) is 0 Å². The molecule has 6 heteroatoms. The molecule has 0 unspecified atom stereocenters. The first-order chi connectivity index (χ1) is 8.49. The van der Waals surface area contributed by atoms with Gasteiger partial charge >= 0.3 is 0 Å². The normalized spacial score (nSPS) is 10.0. The topological polar surface area (TPSA) is 49.4 Å². The van der Waals surface area contributed by atoms with Gasteiger partial charge in [-0.25, -0.2) is 4.39 Å². The largest absolute Gasteiger partial charge is 0.358 e. The number of carbonyl (C=O) groups is 2. The van der Waals surface area contributed by atoms with Crippen LogP contribution in [0.1, 0.15) is 17.3 Å². The van der Waals surface area contributed by atoms with E-state index in [1.807, 2.05) is 0 Å². The Morgan fingerprint density at radius 1 is 1.44 bits per heavy atom. The molecule has 18 heavy (non-hydrogen) atoms. The SMILES string of the molecule is CCN(CC(=O)NC)C(=O)c1cc(F)ccc1Br. The van der Waals surface area contributed by atoms with Crippen LogP contribution in [0, 0.1) is 5.82 Å². The first-order valence-corrected chi connectivity index (χ1v) is 6.23. The maximum atomic E-state index is 13.1. The lowest BCUT2D eigenvalue weighted by atomic mass is 10.2. The van der Waals surface area contributed by atoms with Crippen LogP contribution in [-0.2, 0) is 4.79 Å². The van der Waals surface area contributed by atoms with Gasteiger partial charge in [0, 0.05) is 18.1 Å². The summed E-state index contributed by atoms with van der Waals surface area (Å²) in [5.74, 6) is -1.14. The predicted molar refractivity (Wildman–Crippen MR) is 69.7 cm³/mol. The van der Waals surface area contributed by atoms with Crippen LogP contribution in [0.5, 0.6) is 0 Å². The highest BCUT2D eigenvalue weighted by Crippen LogP contribution is 2.19. The third kappa shape index (κ3) is 3.53. The third-order valence-corrected chi connectivity index (χ3v) is 3.13. The minimum Gasteiger partial charge on any atom is -0.358 e. The standard InChI is InChI=1S/C12H14BrFN2O2/c1-3-16(7-11(17)15-2)12(18)9-6-8(14)4-5-10(9)13/h4-6H,3,7H2,1-2H3,(H,15,17). The van der Waals surface area contributed by atoms with Gasteiger partial charge in [-0.1, -0.05) is 0 Å². The van der Waals surface area contributed by atoms with Crippen LogP contribution in [0.2, 0.25) is 0 Å². The van der Waals surface area contributed by atoms with Crippen molar-refractivity contribution in [1.29, 1.82) is 0 Å². The lowest BCUT2D eigenvalue weighted by Crippen LogP contribution is -2.39. The summed E-state index contributed by atoms with van der Waals surface area (Å²) < 4.78 is 13.6. The number of carbonyl (C=O) groups excluding carboxylic acids is 2. The number of rotatable bonds is 4. The molecule has 0 aliphatic carbocycles. The molecule has 1 N–H and O–H groups in total. The van der Waals surface area contributed by atoms with Crippen molar-refractivity contribution in [2.75, 3.05) is 20.1 Å². The van der Waals surface area contributed by atoms with Crippen molar-refractivity contribution in [3.05, 3.63) is 34.1 Å². The molecule has 1 aromatic rings. The molecule has 0 fully saturated rings. The molecule has 1 rings (SSSR count). The number of amides is 2. The Bertz CT molecular complexity index is 465. The summed E-state index contributed by atoms with van der Waals surface area (Å²) in [5.41, 5.74) is 0.209. The molecule has 0 aromatic heterocycles. The van der Waals surface area contributed by atoms with E-state index in [-0.39, 0.29) is 23.9 Å². The third-order valence-electron chi connectivity index (χ3n) is 2.44. The molecule has 0 heterocycles. The van der Waals surface area contributed by atoms with E-state index < -0.39 is 5.82 Å². The van der Waals surface area contributed by atoms with Crippen LogP contribution >= 0.6 is 15.9 Å². The molecule has 0 spiro atoms. The molecule has 1 aromatic carbocycles. The van der Waals surface area contributed by atoms with Gasteiger partial charge in [0.05, 0.1) is 12.1 Å². The summed E-state index contributed by atoms with van der Waals surface area (Å²) >= 11 is 3.20. The number of likely N-dealkylation sites (N-methyl/N-ethyl adjacent to an activating group) is 2. The molecule has 0 saturated carbocycles.